The first kappa shape index (κ1) is 16.5. The highest BCUT2D eigenvalue weighted by molar-refractivity contribution is 5.27. The third-order valence-electron chi connectivity index (χ3n) is 5.00. The van der Waals surface area contributed by atoms with E-state index in [9.17, 15) is 0 Å². The van der Waals surface area contributed by atoms with Gasteiger partial charge >= 0.3 is 0 Å². The van der Waals surface area contributed by atoms with Crippen molar-refractivity contribution in [2.45, 2.75) is 32.7 Å². The fourth-order valence-electron chi connectivity index (χ4n) is 3.63. The summed E-state index contributed by atoms with van der Waals surface area (Å²) in [5.41, 5.74) is 1.39. The van der Waals surface area contributed by atoms with E-state index in [-0.39, 0.29) is 0 Å². The normalized spacial score (nSPS) is 23.1. The SMILES string of the molecule is CCOc1ccc(CN2CCN(CC3CC=CCC3)CC2)cc1. The average Bonchev–Trinajstić information content (AvgIpc) is 2.60. The van der Waals surface area contributed by atoms with E-state index < -0.39 is 0 Å². The van der Waals surface area contributed by atoms with Crippen LogP contribution in [0.4, 0.5) is 0 Å². The maximum absolute atomic E-state index is 5.51. The van der Waals surface area contributed by atoms with E-state index in [4.69, 9.17) is 4.74 Å². The summed E-state index contributed by atoms with van der Waals surface area (Å²) >= 11 is 0. The molecule has 0 N–H and O–H groups in total. The Kier molecular flexibility index (Phi) is 6.12. The maximum Gasteiger partial charge on any atom is 0.119 e. The molecule has 126 valence electrons. The van der Waals surface area contributed by atoms with Gasteiger partial charge in [0.05, 0.1) is 6.61 Å². The molecule has 0 saturated carbocycles. The molecule has 1 heterocycles. The second-order valence-electron chi connectivity index (χ2n) is 6.80. The number of nitrogens with zero attached hydrogens (tertiary/aromatic N) is 2. The molecule has 1 unspecified atom stereocenters. The predicted octanol–water partition coefficient (Wildman–Crippen LogP) is 3.56. The molecule has 1 aromatic carbocycles. The molecule has 1 atom stereocenters. The van der Waals surface area contributed by atoms with E-state index in [1.54, 1.807) is 0 Å². The van der Waals surface area contributed by atoms with Crippen molar-refractivity contribution in [3.05, 3.63) is 42.0 Å². The second-order valence-corrected chi connectivity index (χ2v) is 6.80. The summed E-state index contributed by atoms with van der Waals surface area (Å²) in [6, 6.07) is 8.58. The number of rotatable bonds is 6. The highest BCUT2D eigenvalue weighted by Crippen LogP contribution is 2.20. The molecule has 1 saturated heterocycles. The second kappa shape index (κ2) is 8.51. The van der Waals surface area contributed by atoms with Crippen LogP contribution < -0.4 is 4.74 Å². The van der Waals surface area contributed by atoms with Crippen LogP contribution in [0.1, 0.15) is 31.7 Å². The van der Waals surface area contributed by atoms with E-state index in [0.717, 1.165) is 24.8 Å². The molecule has 1 aliphatic carbocycles. The smallest absolute Gasteiger partial charge is 0.119 e. The number of hydrogen-bond donors (Lipinski definition) is 0. The van der Waals surface area contributed by atoms with Gasteiger partial charge in [0.1, 0.15) is 5.75 Å². The van der Waals surface area contributed by atoms with Crippen molar-refractivity contribution in [1.29, 1.82) is 0 Å². The number of piperazine rings is 1. The molecule has 0 bridgehead atoms. The van der Waals surface area contributed by atoms with E-state index in [1.807, 2.05) is 6.92 Å². The van der Waals surface area contributed by atoms with Crippen molar-refractivity contribution in [2.24, 2.45) is 5.92 Å². The molecule has 2 aliphatic rings. The van der Waals surface area contributed by atoms with Gasteiger partial charge in [0, 0.05) is 39.3 Å². The fraction of sp³-hybridized carbons (Fsp3) is 0.600. The lowest BCUT2D eigenvalue weighted by molar-refractivity contribution is 0.111. The average molecular weight is 314 g/mol. The molecule has 0 spiro atoms. The monoisotopic (exact) mass is 314 g/mol. The van der Waals surface area contributed by atoms with Crippen LogP contribution in [0.25, 0.3) is 0 Å². The van der Waals surface area contributed by atoms with E-state index in [1.165, 1.54) is 57.5 Å². The molecule has 1 fully saturated rings. The predicted molar refractivity (Wildman–Crippen MR) is 95.8 cm³/mol. The minimum Gasteiger partial charge on any atom is -0.494 e. The molecule has 0 amide bonds. The van der Waals surface area contributed by atoms with Crippen molar-refractivity contribution in [3.63, 3.8) is 0 Å². The maximum atomic E-state index is 5.51. The zero-order chi connectivity index (χ0) is 15.9. The fourth-order valence-corrected chi connectivity index (χ4v) is 3.63. The van der Waals surface area contributed by atoms with Crippen LogP contribution in [0.15, 0.2) is 36.4 Å². The summed E-state index contributed by atoms with van der Waals surface area (Å²) in [4.78, 5) is 5.24. The van der Waals surface area contributed by atoms with Gasteiger partial charge in [0.2, 0.25) is 0 Å². The van der Waals surface area contributed by atoms with Gasteiger partial charge < -0.3 is 9.64 Å². The third kappa shape index (κ3) is 5.08. The van der Waals surface area contributed by atoms with Crippen LogP contribution >= 0.6 is 0 Å². The molecular formula is C20H30N2O. The Labute approximate surface area is 140 Å². The molecule has 1 aromatic rings. The van der Waals surface area contributed by atoms with Gasteiger partial charge in [-0.2, -0.15) is 0 Å². The number of hydrogen-bond acceptors (Lipinski definition) is 3. The molecule has 3 heteroatoms. The molecular weight excluding hydrogens is 284 g/mol. The third-order valence-corrected chi connectivity index (χ3v) is 5.00. The summed E-state index contributed by atoms with van der Waals surface area (Å²) < 4.78 is 5.51. The van der Waals surface area contributed by atoms with Gasteiger partial charge in [-0.15, -0.1) is 0 Å². The summed E-state index contributed by atoms with van der Waals surface area (Å²) in [5, 5.41) is 0. The Bertz CT molecular complexity index is 489. The number of ether oxygens (including phenoxy) is 1. The van der Waals surface area contributed by atoms with E-state index in [2.05, 4.69) is 46.2 Å². The minimum absolute atomic E-state index is 0.734. The Morgan fingerprint density at radius 1 is 1.00 bits per heavy atom. The van der Waals surface area contributed by atoms with E-state index >= 15 is 0 Å². The molecule has 0 aromatic heterocycles. The Balaban J connectivity index is 1.41. The van der Waals surface area contributed by atoms with Crippen molar-refractivity contribution < 1.29 is 4.74 Å². The van der Waals surface area contributed by atoms with Crippen molar-refractivity contribution in [2.75, 3.05) is 39.3 Å². The van der Waals surface area contributed by atoms with Gasteiger partial charge in [0.15, 0.2) is 0 Å². The first-order valence-electron chi connectivity index (χ1n) is 9.15. The Hall–Kier alpha value is -1.32. The quantitative estimate of drug-likeness (QED) is 0.747. The zero-order valence-corrected chi connectivity index (χ0v) is 14.4. The van der Waals surface area contributed by atoms with Crippen LogP contribution in [0, 0.1) is 5.92 Å². The van der Waals surface area contributed by atoms with Crippen LogP contribution in [-0.4, -0.2) is 49.1 Å². The van der Waals surface area contributed by atoms with E-state index in [0.29, 0.717) is 0 Å². The standard InChI is InChI=1S/C20H30N2O/c1-2-23-20-10-8-19(9-11-20)17-22-14-12-21(13-15-22)16-18-6-4-3-5-7-18/h3-4,8-11,18H,2,5-7,12-17H2,1H3. The molecule has 3 nitrogen and oxygen atoms in total. The van der Waals surface area contributed by atoms with Gasteiger partial charge in [-0.3, -0.25) is 4.90 Å². The minimum atomic E-state index is 0.734. The number of allylic oxidation sites excluding steroid dienone is 2. The lowest BCUT2D eigenvalue weighted by Crippen LogP contribution is -2.47. The molecule has 23 heavy (non-hydrogen) atoms. The Morgan fingerprint density at radius 2 is 1.74 bits per heavy atom. The highest BCUT2D eigenvalue weighted by atomic mass is 16.5. The molecule has 0 radical (unpaired) electrons. The first-order chi connectivity index (χ1) is 11.3. The first-order valence-corrected chi connectivity index (χ1v) is 9.15. The number of benzene rings is 1. The molecule has 1 aliphatic heterocycles. The van der Waals surface area contributed by atoms with Crippen molar-refractivity contribution in [3.8, 4) is 5.75 Å². The topological polar surface area (TPSA) is 15.7 Å². The van der Waals surface area contributed by atoms with Gasteiger partial charge in [-0.05, 0) is 49.8 Å². The zero-order valence-electron chi connectivity index (χ0n) is 14.4. The summed E-state index contributed by atoms with van der Waals surface area (Å²) in [6.45, 7) is 9.93. The molecule has 3 rings (SSSR count). The largest absolute Gasteiger partial charge is 0.494 e. The van der Waals surface area contributed by atoms with Gasteiger partial charge in [-0.1, -0.05) is 24.3 Å². The van der Waals surface area contributed by atoms with Gasteiger partial charge in [0.25, 0.3) is 0 Å². The summed E-state index contributed by atoms with van der Waals surface area (Å²) in [7, 11) is 0. The Morgan fingerprint density at radius 3 is 2.39 bits per heavy atom. The van der Waals surface area contributed by atoms with Crippen molar-refractivity contribution in [1.82, 2.24) is 9.80 Å². The van der Waals surface area contributed by atoms with Gasteiger partial charge in [-0.25, -0.2) is 0 Å². The van der Waals surface area contributed by atoms with Crippen LogP contribution in [0.3, 0.4) is 0 Å². The summed E-state index contributed by atoms with van der Waals surface area (Å²) in [6.07, 6.45) is 8.65. The van der Waals surface area contributed by atoms with Crippen molar-refractivity contribution >= 4 is 0 Å². The highest BCUT2D eigenvalue weighted by Gasteiger charge is 2.20. The lowest BCUT2D eigenvalue weighted by Gasteiger charge is -2.36. The van der Waals surface area contributed by atoms with Crippen LogP contribution in [0.2, 0.25) is 0 Å². The van der Waals surface area contributed by atoms with Crippen LogP contribution in [-0.2, 0) is 6.54 Å². The van der Waals surface area contributed by atoms with Crippen LogP contribution in [0.5, 0.6) is 5.75 Å². The summed E-state index contributed by atoms with van der Waals surface area (Å²) in [5.74, 6) is 1.86. The lowest BCUT2D eigenvalue weighted by atomic mass is 9.94.